The maximum atomic E-state index is 13.5. The van der Waals surface area contributed by atoms with Gasteiger partial charge in [0.25, 0.3) is 0 Å². The van der Waals surface area contributed by atoms with E-state index in [0.717, 1.165) is 30.8 Å². The van der Waals surface area contributed by atoms with E-state index in [1.165, 1.54) is 11.0 Å². The van der Waals surface area contributed by atoms with E-state index in [1.807, 2.05) is 20.2 Å². The molecular formula is C21H27F2N5O4. The second-order valence-electron chi connectivity index (χ2n) is 8.40. The van der Waals surface area contributed by atoms with E-state index in [4.69, 9.17) is 9.47 Å². The lowest BCUT2D eigenvalue weighted by Gasteiger charge is -2.36. The molecule has 1 aromatic carbocycles. The molecular weight excluding hydrogens is 424 g/mol. The lowest BCUT2D eigenvalue weighted by molar-refractivity contribution is -0.173. The number of aliphatic hydroxyl groups is 1. The first-order valence-corrected chi connectivity index (χ1v) is 10.6. The number of aliphatic hydroxyl groups excluding tert-OH is 1. The van der Waals surface area contributed by atoms with Crippen LogP contribution in [-0.4, -0.2) is 75.8 Å². The van der Waals surface area contributed by atoms with Crippen LogP contribution in [0.3, 0.4) is 0 Å². The fourth-order valence-corrected chi connectivity index (χ4v) is 4.16. The van der Waals surface area contributed by atoms with Crippen LogP contribution >= 0.6 is 0 Å². The topological polar surface area (TPSA) is 93.0 Å². The van der Waals surface area contributed by atoms with Crippen LogP contribution < -0.4 is 4.90 Å². The van der Waals surface area contributed by atoms with Gasteiger partial charge in [-0.3, -0.25) is 4.90 Å². The number of amides is 1. The van der Waals surface area contributed by atoms with Gasteiger partial charge in [-0.1, -0.05) is 5.21 Å². The molecule has 2 aliphatic heterocycles. The predicted molar refractivity (Wildman–Crippen MR) is 110 cm³/mol. The number of aromatic nitrogens is 3. The van der Waals surface area contributed by atoms with Crippen LogP contribution in [0.1, 0.15) is 25.5 Å². The number of rotatable bonds is 7. The normalized spacial score (nSPS) is 26.1. The highest BCUT2D eigenvalue weighted by Crippen LogP contribution is 2.24. The molecule has 4 rings (SSSR count). The number of anilines is 1. The number of likely N-dealkylation sites (N-methyl/N-ethyl adjacent to an activating group) is 1. The Morgan fingerprint density at radius 1 is 1.28 bits per heavy atom. The highest BCUT2D eigenvalue weighted by Gasteiger charge is 2.33. The Morgan fingerprint density at radius 2 is 2.09 bits per heavy atom. The van der Waals surface area contributed by atoms with Crippen LogP contribution in [0.2, 0.25) is 0 Å². The largest absolute Gasteiger partial charge is 0.442 e. The molecule has 9 nitrogen and oxygen atoms in total. The van der Waals surface area contributed by atoms with Crippen LogP contribution in [-0.2, 0) is 22.4 Å². The molecule has 32 heavy (non-hydrogen) atoms. The molecule has 174 valence electrons. The van der Waals surface area contributed by atoms with Crippen molar-refractivity contribution in [3.63, 3.8) is 0 Å². The number of nitrogens with zero attached hydrogens (tertiary/aromatic N) is 5. The summed E-state index contributed by atoms with van der Waals surface area (Å²) >= 11 is 0. The average molecular weight is 451 g/mol. The quantitative estimate of drug-likeness (QED) is 0.688. The average Bonchev–Trinajstić information content (AvgIpc) is 3.33. The molecule has 2 saturated heterocycles. The molecule has 0 bridgehead atoms. The van der Waals surface area contributed by atoms with Crippen molar-refractivity contribution in [3.05, 3.63) is 41.7 Å². The van der Waals surface area contributed by atoms with E-state index >= 15 is 0 Å². The Bertz CT molecular complexity index is 948. The zero-order valence-corrected chi connectivity index (χ0v) is 18.0. The van der Waals surface area contributed by atoms with E-state index in [-0.39, 0.29) is 24.4 Å². The molecule has 2 aliphatic rings. The lowest BCUT2D eigenvalue weighted by Crippen LogP contribution is -2.43. The first-order valence-electron chi connectivity index (χ1n) is 10.6. The zero-order valence-electron chi connectivity index (χ0n) is 18.0. The summed E-state index contributed by atoms with van der Waals surface area (Å²) < 4.78 is 39.0. The standard InChI is InChI=1S/C21H27F2N5O4/c1-13-7-16(9-20(29)31-13)26(2)6-5-14-10-27(25-24-14)11-17-12-28(21(30)32-17)15-3-4-18(22)19(23)8-15/h3-4,8,10,13,16-17,20,29H,5-7,9,11-12H2,1-2H3/t13-,16+,17+,20?/m1/s1. The third-order valence-electron chi connectivity index (χ3n) is 5.88. The van der Waals surface area contributed by atoms with Crippen molar-refractivity contribution in [1.29, 1.82) is 0 Å². The molecule has 0 aliphatic carbocycles. The van der Waals surface area contributed by atoms with E-state index in [2.05, 4.69) is 15.2 Å². The Morgan fingerprint density at radius 3 is 2.84 bits per heavy atom. The first kappa shape index (κ1) is 22.6. The molecule has 0 spiro atoms. The minimum Gasteiger partial charge on any atom is -0.442 e. The van der Waals surface area contributed by atoms with Crippen molar-refractivity contribution in [2.24, 2.45) is 0 Å². The van der Waals surface area contributed by atoms with Crippen LogP contribution in [0.4, 0.5) is 19.3 Å². The van der Waals surface area contributed by atoms with Gasteiger partial charge in [-0.2, -0.15) is 0 Å². The molecule has 3 heterocycles. The number of cyclic esters (lactones) is 1. The Labute approximate surface area is 184 Å². The molecule has 2 aromatic rings. The minimum absolute atomic E-state index is 0.0205. The fraction of sp³-hybridized carbons (Fsp3) is 0.571. The number of benzene rings is 1. The Hall–Kier alpha value is -2.63. The number of ether oxygens (including phenoxy) is 2. The second-order valence-corrected chi connectivity index (χ2v) is 8.40. The molecule has 11 heteroatoms. The summed E-state index contributed by atoms with van der Waals surface area (Å²) in [6, 6.07) is 3.53. The van der Waals surface area contributed by atoms with E-state index < -0.39 is 30.1 Å². The summed E-state index contributed by atoms with van der Waals surface area (Å²) in [5.74, 6) is -1.99. The summed E-state index contributed by atoms with van der Waals surface area (Å²) in [5, 5.41) is 18.1. The Kier molecular flexibility index (Phi) is 6.68. The van der Waals surface area contributed by atoms with Crippen LogP contribution in [0.5, 0.6) is 0 Å². The van der Waals surface area contributed by atoms with Gasteiger partial charge in [0.2, 0.25) is 0 Å². The molecule has 1 N–H and O–H groups in total. The third-order valence-corrected chi connectivity index (χ3v) is 5.88. The van der Waals surface area contributed by atoms with E-state index in [1.54, 1.807) is 4.68 Å². The van der Waals surface area contributed by atoms with Gasteiger partial charge < -0.3 is 19.5 Å². The molecule has 1 amide bonds. The van der Waals surface area contributed by atoms with E-state index in [9.17, 15) is 18.7 Å². The monoisotopic (exact) mass is 451 g/mol. The first-order chi connectivity index (χ1) is 15.3. The van der Waals surface area contributed by atoms with Crippen LogP contribution in [0.15, 0.2) is 24.4 Å². The number of carbonyl (C=O) groups is 1. The smallest absolute Gasteiger partial charge is 0.414 e. The highest BCUT2D eigenvalue weighted by molar-refractivity contribution is 5.89. The highest BCUT2D eigenvalue weighted by atomic mass is 19.2. The fourth-order valence-electron chi connectivity index (χ4n) is 4.16. The van der Waals surface area contributed by atoms with Gasteiger partial charge in [-0.25, -0.2) is 18.3 Å². The van der Waals surface area contributed by atoms with Crippen molar-refractivity contribution >= 4 is 11.8 Å². The SMILES string of the molecule is C[C@@H]1C[C@H](N(C)CCc2cn(C[C@H]3CN(c4ccc(F)c(F)c4)C(=O)O3)nn2)CC(O)O1. The number of hydrogen-bond acceptors (Lipinski definition) is 7. The van der Waals surface area contributed by atoms with Crippen LogP contribution in [0, 0.1) is 11.6 Å². The van der Waals surface area contributed by atoms with Crippen molar-refractivity contribution in [1.82, 2.24) is 19.9 Å². The molecule has 4 atom stereocenters. The van der Waals surface area contributed by atoms with Gasteiger partial charge in [-0.15, -0.1) is 5.10 Å². The van der Waals surface area contributed by atoms with Gasteiger partial charge in [0.15, 0.2) is 17.9 Å². The lowest BCUT2D eigenvalue weighted by atomic mass is 10.0. The number of carbonyl (C=O) groups excluding carboxylic acids is 1. The van der Waals surface area contributed by atoms with Gasteiger partial charge in [0.1, 0.15) is 6.10 Å². The second kappa shape index (κ2) is 9.47. The maximum Gasteiger partial charge on any atom is 0.414 e. The minimum atomic E-state index is -1.02. The molecule has 1 aromatic heterocycles. The van der Waals surface area contributed by atoms with Gasteiger partial charge in [0, 0.05) is 37.7 Å². The predicted octanol–water partition coefficient (Wildman–Crippen LogP) is 1.94. The number of halogens is 2. The summed E-state index contributed by atoms with van der Waals surface area (Å²) in [7, 11) is 2.02. The third kappa shape index (κ3) is 5.22. The maximum absolute atomic E-state index is 13.5. The summed E-state index contributed by atoms with van der Waals surface area (Å²) in [4.78, 5) is 15.6. The summed E-state index contributed by atoms with van der Waals surface area (Å²) in [6.45, 7) is 3.22. The van der Waals surface area contributed by atoms with Crippen molar-refractivity contribution < 1.29 is 28.2 Å². The molecule has 1 unspecified atom stereocenters. The Balaban J connectivity index is 1.29. The van der Waals surface area contributed by atoms with Gasteiger partial charge >= 0.3 is 6.09 Å². The molecule has 2 fully saturated rings. The van der Waals surface area contributed by atoms with Gasteiger partial charge in [0.05, 0.1) is 30.6 Å². The van der Waals surface area contributed by atoms with Crippen molar-refractivity contribution in [2.75, 3.05) is 25.0 Å². The van der Waals surface area contributed by atoms with Crippen LogP contribution in [0.25, 0.3) is 0 Å². The summed E-state index contributed by atoms with van der Waals surface area (Å²) in [5.41, 5.74) is 1.05. The zero-order chi connectivity index (χ0) is 22.8. The van der Waals surface area contributed by atoms with Gasteiger partial charge in [-0.05, 0) is 32.5 Å². The molecule has 0 radical (unpaired) electrons. The molecule has 0 saturated carbocycles. The summed E-state index contributed by atoms with van der Waals surface area (Å²) in [6.07, 6.45) is 2.12. The van der Waals surface area contributed by atoms with Crippen molar-refractivity contribution in [2.45, 2.75) is 57.3 Å². The van der Waals surface area contributed by atoms with E-state index in [0.29, 0.717) is 19.4 Å². The number of hydrogen-bond donors (Lipinski definition) is 1. The van der Waals surface area contributed by atoms with Crippen molar-refractivity contribution in [3.8, 4) is 0 Å².